The van der Waals surface area contributed by atoms with Crippen molar-refractivity contribution in [3.05, 3.63) is 47.0 Å². The van der Waals surface area contributed by atoms with Gasteiger partial charge in [-0.1, -0.05) is 17.7 Å². The molecule has 0 aliphatic carbocycles. The van der Waals surface area contributed by atoms with E-state index in [4.69, 9.17) is 16.3 Å². The Balaban J connectivity index is 1.50. The maximum absolute atomic E-state index is 13.3. The van der Waals surface area contributed by atoms with E-state index in [1.807, 2.05) is 13.0 Å². The van der Waals surface area contributed by atoms with Gasteiger partial charge >= 0.3 is 0 Å². The fourth-order valence-electron chi connectivity index (χ4n) is 3.83. The van der Waals surface area contributed by atoms with Gasteiger partial charge in [0.15, 0.2) is 6.10 Å². The first kappa shape index (κ1) is 22.6. The molecule has 2 heterocycles. The highest BCUT2D eigenvalue weighted by atomic mass is 35.5. The number of hydrogen-bond donors (Lipinski definition) is 2. The maximum atomic E-state index is 13.3. The van der Waals surface area contributed by atoms with E-state index in [9.17, 15) is 18.0 Å². The van der Waals surface area contributed by atoms with E-state index < -0.39 is 22.0 Å². The van der Waals surface area contributed by atoms with E-state index in [2.05, 4.69) is 10.6 Å². The molecule has 4 rings (SSSR count). The SMILES string of the molecule is Cc1ccc(NC(=O)C2CCCN(S(=O)(=O)c3ccc4c(c3)NC(=O)C(C)O4)C2)c(Cl)c1. The summed E-state index contributed by atoms with van der Waals surface area (Å²) in [5, 5.41) is 5.91. The number of sulfonamides is 1. The number of carbonyl (C=O) groups is 2. The molecule has 2 aromatic rings. The number of nitrogens with zero attached hydrogens (tertiary/aromatic N) is 1. The third kappa shape index (κ3) is 4.46. The molecule has 2 amide bonds. The van der Waals surface area contributed by atoms with Gasteiger partial charge in [0.25, 0.3) is 5.91 Å². The van der Waals surface area contributed by atoms with Crippen molar-refractivity contribution in [2.24, 2.45) is 5.92 Å². The topological polar surface area (TPSA) is 105 Å². The van der Waals surface area contributed by atoms with Gasteiger partial charge in [-0.25, -0.2) is 8.42 Å². The predicted molar refractivity (Wildman–Crippen MR) is 121 cm³/mol. The molecule has 2 aromatic carbocycles. The molecule has 10 heteroatoms. The average molecular weight is 478 g/mol. The van der Waals surface area contributed by atoms with Crippen molar-refractivity contribution in [2.75, 3.05) is 23.7 Å². The fraction of sp³-hybridized carbons (Fsp3) is 0.364. The number of piperidine rings is 1. The summed E-state index contributed by atoms with van der Waals surface area (Å²) in [5.41, 5.74) is 1.79. The summed E-state index contributed by atoms with van der Waals surface area (Å²) < 4.78 is 33.3. The van der Waals surface area contributed by atoms with E-state index in [0.717, 1.165) is 5.56 Å². The second kappa shape index (κ2) is 8.73. The lowest BCUT2D eigenvalue weighted by Gasteiger charge is -2.31. The van der Waals surface area contributed by atoms with Gasteiger partial charge in [-0.3, -0.25) is 9.59 Å². The van der Waals surface area contributed by atoms with E-state index in [1.54, 1.807) is 19.1 Å². The molecule has 2 aliphatic heterocycles. The van der Waals surface area contributed by atoms with Crippen LogP contribution in [0.4, 0.5) is 11.4 Å². The molecule has 0 radical (unpaired) electrons. The summed E-state index contributed by atoms with van der Waals surface area (Å²) in [6, 6.07) is 9.72. The van der Waals surface area contributed by atoms with Gasteiger partial charge in [0.05, 0.1) is 27.2 Å². The van der Waals surface area contributed by atoms with Gasteiger partial charge in [0, 0.05) is 13.1 Å². The second-order valence-electron chi connectivity index (χ2n) is 8.08. The average Bonchev–Trinajstić information content (AvgIpc) is 2.76. The highest BCUT2D eigenvalue weighted by molar-refractivity contribution is 7.89. The molecule has 2 aliphatic rings. The zero-order chi connectivity index (χ0) is 23.0. The molecule has 2 N–H and O–H groups in total. The minimum atomic E-state index is -3.86. The van der Waals surface area contributed by atoms with Crippen LogP contribution >= 0.6 is 11.6 Å². The van der Waals surface area contributed by atoms with Gasteiger partial charge in [0.2, 0.25) is 15.9 Å². The van der Waals surface area contributed by atoms with E-state index >= 15 is 0 Å². The number of anilines is 2. The smallest absolute Gasteiger partial charge is 0.265 e. The molecule has 0 aromatic heterocycles. The number of halogens is 1. The van der Waals surface area contributed by atoms with Crippen molar-refractivity contribution in [1.29, 1.82) is 0 Å². The molecular formula is C22H24ClN3O5S. The van der Waals surface area contributed by atoms with Crippen LogP contribution in [0.15, 0.2) is 41.3 Å². The van der Waals surface area contributed by atoms with E-state index in [1.165, 1.54) is 22.5 Å². The molecule has 32 heavy (non-hydrogen) atoms. The van der Waals surface area contributed by atoms with Gasteiger partial charge < -0.3 is 15.4 Å². The zero-order valence-electron chi connectivity index (χ0n) is 17.7. The molecule has 0 spiro atoms. The number of benzene rings is 2. The maximum Gasteiger partial charge on any atom is 0.265 e. The Bertz CT molecular complexity index is 1180. The van der Waals surface area contributed by atoms with Crippen LogP contribution in [0.1, 0.15) is 25.3 Å². The largest absolute Gasteiger partial charge is 0.479 e. The molecule has 170 valence electrons. The normalized spacial score (nSPS) is 21.3. The zero-order valence-corrected chi connectivity index (χ0v) is 19.3. The first-order valence-corrected chi connectivity index (χ1v) is 12.2. The van der Waals surface area contributed by atoms with Gasteiger partial charge in [-0.15, -0.1) is 0 Å². The van der Waals surface area contributed by atoms with Gasteiger partial charge in [-0.2, -0.15) is 4.31 Å². The highest BCUT2D eigenvalue weighted by Gasteiger charge is 2.34. The van der Waals surface area contributed by atoms with Crippen LogP contribution in [0.2, 0.25) is 5.02 Å². The lowest BCUT2D eigenvalue weighted by atomic mass is 9.98. The summed E-state index contributed by atoms with van der Waals surface area (Å²) in [5.74, 6) is -0.688. The quantitative estimate of drug-likeness (QED) is 0.702. The van der Waals surface area contributed by atoms with Crippen LogP contribution < -0.4 is 15.4 Å². The molecule has 0 saturated carbocycles. The Labute approximate surface area is 191 Å². The second-order valence-corrected chi connectivity index (χ2v) is 10.4. The predicted octanol–water partition coefficient (Wildman–Crippen LogP) is 3.41. The number of fused-ring (bicyclic) bond motifs is 1. The summed E-state index contributed by atoms with van der Waals surface area (Å²) in [7, 11) is -3.86. The van der Waals surface area contributed by atoms with Crippen LogP contribution in [0, 0.1) is 12.8 Å². The number of rotatable bonds is 4. The van der Waals surface area contributed by atoms with Gasteiger partial charge in [-0.05, 0) is 62.6 Å². The molecule has 0 bridgehead atoms. The van der Waals surface area contributed by atoms with Crippen LogP contribution in [0.5, 0.6) is 5.75 Å². The van der Waals surface area contributed by atoms with E-state index in [-0.39, 0.29) is 23.3 Å². The molecule has 8 nitrogen and oxygen atoms in total. The number of amides is 2. The van der Waals surface area contributed by atoms with Gasteiger partial charge in [0.1, 0.15) is 5.75 Å². The third-order valence-electron chi connectivity index (χ3n) is 5.66. The lowest BCUT2D eigenvalue weighted by molar-refractivity contribution is -0.123. The third-order valence-corrected chi connectivity index (χ3v) is 7.83. The first-order valence-electron chi connectivity index (χ1n) is 10.3. The van der Waals surface area contributed by atoms with Crippen molar-refractivity contribution in [3.63, 3.8) is 0 Å². The Morgan fingerprint density at radius 2 is 2.03 bits per heavy atom. The minimum Gasteiger partial charge on any atom is -0.479 e. The summed E-state index contributed by atoms with van der Waals surface area (Å²) in [6.07, 6.45) is 0.488. The summed E-state index contributed by atoms with van der Waals surface area (Å²) >= 11 is 6.21. The number of hydrogen-bond acceptors (Lipinski definition) is 5. The summed E-state index contributed by atoms with van der Waals surface area (Å²) in [6.45, 7) is 3.90. The molecule has 1 fully saturated rings. The van der Waals surface area contributed by atoms with Crippen LogP contribution in [-0.4, -0.2) is 43.7 Å². The molecular weight excluding hydrogens is 454 g/mol. The standard InChI is InChI=1S/C22H24ClN3O5S/c1-13-5-7-18(17(23)10-13)24-22(28)15-4-3-9-26(12-15)32(29,30)16-6-8-20-19(11-16)25-21(27)14(2)31-20/h5-8,10-11,14-15H,3-4,9,12H2,1-2H3,(H,24,28)(H,25,27). The van der Waals surface area contributed by atoms with Crippen molar-refractivity contribution >= 4 is 44.8 Å². The molecule has 2 unspecified atom stereocenters. The summed E-state index contributed by atoms with van der Waals surface area (Å²) in [4.78, 5) is 24.7. The monoisotopic (exact) mass is 477 g/mol. The minimum absolute atomic E-state index is 0.0392. The molecule has 2 atom stereocenters. The number of nitrogens with one attached hydrogen (secondary N) is 2. The van der Waals surface area contributed by atoms with Crippen molar-refractivity contribution in [3.8, 4) is 5.75 Å². The fourth-order valence-corrected chi connectivity index (χ4v) is 5.66. The Kier molecular flexibility index (Phi) is 6.15. The highest BCUT2D eigenvalue weighted by Crippen LogP contribution is 2.34. The van der Waals surface area contributed by atoms with Crippen molar-refractivity contribution in [1.82, 2.24) is 4.31 Å². The Morgan fingerprint density at radius 1 is 1.25 bits per heavy atom. The van der Waals surface area contributed by atoms with Crippen molar-refractivity contribution < 1.29 is 22.7 Å². The van der Waals surface area contributed by atoms with Crippen LogP contribution in [-0.2, 0) is 19.6 Å². The van der Waals surface area contributed by atoms with E-state index in [0.29, 0.717) is 41.5 Å². The Morgan fingerprint density at radius 3 is 2.78 bits per heavy atom. The number of ether oxygens (including phenoxy) is 1. The van der Waals surface area contributed by atoms with Crippen molar-refractivity contribution in [2.45, 2.75) is 37.7 Å². The van der Waals surface area contributed by atoms with Crippen LogP contribution in [0.25, 0.3) is 0 Å². The first-order chi connectivity index (χ1) is 15.1. The Hall–Kier alpha value is -2.62. The number of aryl methyl sites for hydroxylation is 1. The lowest BCUT2D eigenvalue weighted by Crippen LogP contribution is -2.43. The number of carbonyl (C=O) groups excluding carboxylic acids is 2. The molecule has 1 saturated heterocycles. The van der Waals surface area contributed by atoms with Crippen LogP contribution in [0.3, 0.4) is 0 Å².